The van der Waals surface area contributed by atoms with Crippen molar-refractivity contribution in [1.29, 1.82) is 0 Å². The number of carbonyl (C=O) groups is 1. The topological polar surface area (TPSA) is 89.3 Å². The second kappa shape index (κ2) is 6.45. The maximum absolute atomic E-state index is 12.7. The van der Waals surface area contributed by atoms with Crippen molar-refractivity contribution < 1.29 is 17.7 Å². The fraction of sp³-hybridized carbons (Fsp3) is 0.176. The third-order valence-corrected chi connectivity index (χ3v) is 6.07. The van der Waals surface area contributed by atoms with Crippen molar-refractivity contribution in [3.05, 3.63) is 52.0 Å². The van der Waals surface area contributed by atoms with Crippen LogP contribution in [-0.4, -0.2) is 19.4 Å². The number of aryl methyl sites for hydroxylation is 2. The van der Waals surface area contributed by atoms with E-state index in [1.165, 1.54) is 24.3 Å². The first-order chi connectivity index (χ1) is 11.8. The maximum Gasteiger partial charge on any atom is 0.261 e. The fourth-order valence-corrected chi connectivity index (χ4v) is 4.51. The second-order valence-electron chi connectivity index (χ2n) is 5.55. The highest BCUT2D eigenvalue weighted by atomic mass is 32.2. The molecule has 0 unspecified atom stereocenters. The molecule has 130 valence electrons. The van der Waals surface area contributed by atoms with Crippen molar-refractivity contribution in [2.24, 2.45) is 0 Å². The standard InChI is InChI=1S/C17H16N2O4S2/c1-10-16(12(3)23-18-10)13-5-4-6-14(9-13)25(21,22)19-15-7-8-24-17(15)11(2)20/h4-9,19H,1-3H3. The number of sulfonamides is 1. The molecule has 3 rings (SSSR count). The van der Waals surface area contributed by atoms with Crippen molar-refractivity contribution in [3.63, 3.8) is 0 Å². The summed E-state index contributed by atoms with van der Waals surface area (Å²) in [5.74, 6) is 0.439. The van der Waals surface area contributed by atoms with Crippen molar-refractivity contribution in [3.8, 4) is 11.1 Å². The predicted octanol–water partition coefficient (Wildman–Crippen LogP) is 4.02. The number of anilines is 1. The highest BCUT2D eigenvalue weighted by molar-refractivity contribution is 7.92. The van der Waals surface area contributed by atoms with E-state index in [-0.39, 0.29) is 10.7 Å². The Morgan fingerprint density at radius 2 is 2.00 bits per heavy atom. The van der Waals surface area contributed by atoms with E-state index >= 15 is 0 Å². The lowest BCUT2D eigenvalue weighted by Gasteiger charge is -2.09. The minimum Gasteiger partial charge on any atom is -0.361 e. The molecule has 0 atom stereocenters. The molecular formula is C17H16N2O4S2. The lowest BCUT2D eigenvalue weighted by Crippen LogP contribution is -2.14. The highest BCUT2D eigenvalue weighted by Gasteiger charge is 2.20. The Morgan fingerprint density at radius 1 is 1.24 bits per heavy atom. The van der Waals surface area contributed by atoms with Gasteiger partial charge < -0.3 is 4.52 Å². The molecule has 0 bridgehead atoms. The van der Waals surface area contributed by atoms with Crippen LogP contribution in [0.15, 0.2) is 45.1 Å². The van der Waals surface area contributed by atoms with Gasteiger partial charge in [-0.3, -0.25) is 9.52 Å². The summed E-state index contributed by atoms with van der Waals surface area (Å²) >= 11 is 1.20. The SMILES string of the molecule is CC(=O)c1sccc1NS(=O)(=O)c1cccc(-c2c(C)noc2C)c1. The molecule has 1 aromatic carbocycles. The number of carbonyl (C=O) groups excluding carboxylic acids is 1. The van der Waals surface area contributed by atoms with Crippen LogP contribution in [0.4, 0.5) is 5.69 Å². The molecule has 25 heavy (non-hydrogen) atoms. The number of thiophene rings is 1. The fourth-order valence-electron chi connectivity index (χ4n) is 2.58. The number of ketones is 1. The van der Waals surface area contributed by atoms with Gasteiger partial charge in [0.1, 0.15) is 5.76 Å². The van der Waals surface area contributed by atoms with Crippen molar-refractivity contribution in [2.75, 3.05) is 4.72 Å². The summed E-state index contributed by atoms with van der Waals surface area (Å²) < 4.78 is 33.1. The van der Waals surface area contributed by atoms with Crippen molar-refractivity contribution in [1.82, 2.24) is 5.16 Å². The third-order valence-electron chi connectivity index (χ3n) is 3.70. The monoisotopic (exact) mass is 376 g/mol. The van der Waals surface area contributed by atoms with Crippen LogP contribution in [-0.2, 0) is 10.0 Å². The smallest absolute Gasteiger partial charge is 0.261 e. The van der Waals surface area contributed by atoms with Gasteiger partial charge in [-0.1, -0.05) is 17.3 Å². The number of nitrogens with one attached hydrogen (secondary N) is 1. The molecule has 6 nitrogen and oxygen atoms in total. The van der Waals surface area contributed by atoms with Gasteiger partial charge in [0.05, 0.1) is 21.2 Å². The quantitative estimate of drug-likeness (QED) is 0.679. The minimum atomic E-state index is -3.83. The Labute approximate surface area is 149 Å². The zero-order chi connectivity index (χ0) is 18.2. The molecule has 2 aromatic heterocycles. The molecule has 0 saturated carbocycles. The predicted molar refractivity (Wildman–Crippen MR) is 96.5 cm³/mol. The van der Waals surface area contributed by atoms with E-state index in [2.05, 4.69) is 9.88 Å². The number of hydrogen-bond donors (Lipinski definition) is 1. The molecule has 0 aliphatic rings. The Hall–Kier alpha value is -2.45. The summed E-state index contributed by atoms with van der Waals surface area (Å²) in [6.07, 6.45) is 0. The first-order valence-electron chi connectivity index (χ1n) is 7.44. The van der Waals surface area contributed by atoms with Crippen LogP contribution in [0.5, 0.6) is 0 Å². The van der Waals surface area contributed by atoms with Gasteiger partial charge in [-0.25, -0.2) is 8.42 Å². The molecule has 0 fully saturated rings. The first-order valence-corrected chi connectivity index (χ1v) is 9.80. The molecule has 3 aromatic rings. The molecular weight excluding hydrogens is 360 g/mol. The van der Waals surface area contributed by atoms with Gasteiger partial charge in [-0.15, -0.1) is 11.3 Å². The van der Waals surface area contributed by atoms with E-state index in [1.807, 2.05) is 0 Å². The van der Waals surface area contributed by atoms with Crippen molar-refractivity contribution in [2.45, 2.75) is 25.7 Å². The van der Waals surface area contributed by atoms with Crippen LogP contribution in [0.25, 0.3) is 11.1 Å². The van der Waals surface area contributed by atoms with Gasteiger partial charge in [0.15, 0.2) is 5.78 Å². The lowest BCUT2D eigenvalue weighted by molar-refractivity contribution is 0.102. The second-order valence-corrected chi connectivity index (χ2v) is 8.15. The van der Waals surface area contributed by atoms with E-state index < -0.39 is 10.0 Å². The highest BCUT2D eigenvalue weighted by Crippen LogP contribution is 2.30. The van der Waals surface area contributed by atoms with Crippen molar-refractivity contribution >= 4 is 32.8 Å². The summed E-state index contributed by atoms with van der Waals surface area (Å²) in [5, 5.41) is 5.58. The number of hydrogen-bond acceptors (Lipinski definition) is 6. The Bertz CT molecular complexity index is 1030. The van der Waals surface area contributed by atoms with E-state index in [1.54, 1.807) is 43.5 Å². The largest absolute Gasteiger partial charge is 0.361 e. The third kappa shape index (κ3) is 3.35. The van der Waals surface area contributed by atoms with Crippen LogP contribution in [0, 0.1) is 13.8 Å². The Kier molecular flexibility index (Phi) is 4.49. The Balaban J connectivity index is 2.00. The van der Waals surface area contributed by atoms with E-state index in [0.717, 1.165) is 5.56 Å². The minimum absolute atomic E-state index is 0.103. The molecule has 0 aliphatic heterocycles. The zero-order valence-corrected chi connectivity index (χ0v) is 15.5. The van der Waals surface area contributed by atoms with E-state index in [4.69, 9.17) is 4.52 Å². The van der Waals surface area contributed by atoms with Gasteiger partial charge in [0.2, 0.25) is 0 Å². The first kappa shape index (κ1) is 17.4. The maximum atomic E-state index is 12.7. The molecule has 1 N–H and O–H groups in total. The lowest BCUT2D eigenvalue weighted by atomic mass is 10.0. The molecule has 0 saturated heterocycles. The summed E-state index contributed by atoms with van der Waals surface area (Å²) in [4.78, 5) is 12.1. The summed E-state index contributed by atoms with van der Waals surface area (Å²) in [5.41, 5.74) is 2.46. The number of rotatable bonds is 5. The summed E-state index contributed by atoms with van der Waals surface area (Å²) in [7, 11) is -3.83. The molecule has 0 aliphatic carbocycles. The normalized spacial score (nSPS) is 11.5. The summed E-state index contributed by atoms with van der Waals surface area (Å²) in [6.45, 7) is 4.98. The average Bonchev–Trinajstić information content (AvgIpc) is 3.14. The van der Waals surface area contributed by atoms with Crippen LogP contribution >= 0.6 is 11.3 Å². The number of nitrogens with zero attached hydrogens (tertiary/aromatic N) is 1. The molecule has 8 heteroatoms. The van der Waals surface area contributed by atoms with Crippen LogP contribution in [0.1, 0.15) is 28.0 Å². The Morgan fingerprint density at radius 3 is 2.64 bits per heavy atom. The van der Waals surface area contributed by atoms with Gasteiger partial charge in [-0.2, -0.15) is 0 Å². The number of benzene rings is 1. The van der Waals surface area contributed by atoms with Crippen LogP contribution in [0.2, 0.25) is 0 Å². The van der Waals surface area contributed by atoms with Gasteiger partial charge in [0.25, 0.3) is 10.0 Å². The van der Waals surface area contributed by atoms with Gasteiger partial charge in [-0.05, 0) is 43.0 Å². The van der Waals surface area contributed by atoms with E-state index in [9.17, 15) is 13.2 Å². The number of aromatic nitrogens is 1. The van der Waals surface area contributed by atoms with Gasteiger partial charge >= 0.3 is 0 Å². The summed E-state index contributed by atoms with van der Waals surface area (Å²) in [6, 6.07) is 8.11. The number of Topliss-reactive ketones (excluding diaryl/α,β-unsaturated/α-hetero) is 1. The van der Waals surface area contributed by atoms with Crippen LogP contribution < -0.4 is 4.72 Å². The average molecular weight is 376 g/mol. The van der Waals surface area contributed by atoms with Crippen LogP contribution in [0.3, 0.4) is 0 Å². The molecule has 0 spiro atoms. The zero-order valence-electron chi connectivity index (χ0n) is 13.9. The molecule has 0 amide bonds. The van der Waals surface area contributed by atoms with E-state index in [0.29, 0.717) is 27.6 Å². The van der Waals surface area contributed by atoms with Gasteiger partial charge in [0, 0.05) is 12.5 Å². The molecule has 0 radical (unpaired) electrons. The molecule has 2 heterocycles.